The van der Waals surface area contributed by atoms with Crippen LogP contribution in [0.2, 0.25) is 0 Å². The van der Waals surface area contributed by atoms with E-state index >= 15 is 0 Å². The number of halogens is 1. The Morgan fingerprint density at radius 2 is 1.93 bits per heavy atom. The second-order valence-corrected chi connectivity index (χ2v) is 2.06. The van der Waals surface area contributed by atoms with Crippen molar-refractivity contribution in [3.63, 3.8) is 0 Å². The van der Waals surface area contributed by atoms with Crippen LogP contribution in [0.1, 0.15) is 13.8 Å². The number of esters is 1. The zero-order valence-electron chi connectivity index (χ0n) is 8.02. The summed E-state index contributed by atoms with van der Waals surface area (Å²) in [4.78, 5) is 21.2. The Morgan fingerprint density at radius 1 is 1.36 bits per heavy atom. The summed E-state index contributed by atoms with van der Waals surface area (Å²) in [5.74, 6) is -0.642. The second kappa shape index (κ2) is 8.58. The molecule has 1 atom stereocenters. The van der Waals surface area contributed by atoms with E-state index in [1.807, 2.05) is 0 Å². The Morgan fingerprint density at radius 3 is 2.36 bits per heavy atom. The van der Waals surface area contributed by atoms with Crippen molar-refractivity contribution in [3.05, 3.63) is 0 Å². The molecule has 0 amide bonds. The first-order valence-electron chi connectivity index (χ1n) is 3.83. The minimum Gasteiger partial charge on any atom is -0.435 e. The fourth-order valence-electron chi connectivity index (χ4n) is 0.545. The molecular weight excluding hydrogens is 214 g/mol. The lowest BCUT2D eigenvalue weighted by atomic mass is 10.6. The van der Waals surface area contributed by atoms with Crippen molar-refractivity contribution in [2.45, 2.75) is 20.1 Å². The highest BCUT2D eigenvalue weighted by atomic mass is 35.5. The number of carbonyl (C=O) groups is 2. The molecule has 0 aromatic heterocycles. The molecule has 0 bridgehead atoms. The smallest absolute Gasteiger partial charge is 0.435 e. The third kappa shape index (κ3) is 7.63. The maximum atomic E-state index is 10.7. The van der Waals surface area contributed by atoms with Crippen molar-refractivity contribution in [1.29, 1.82) is 0 Å². The Kier molecular flexibility index (Phi) is 9.48. The molecule has 0 aliphatic rings. The molecule has 0 aromatic rings. The normalized spacial score (nSPS) is 10.8. The minimum absolute atomic E-state index is 0. The largest absolute Gasteiger partial charge is 0.511 e. The number of ether oxygens (including phenoxy) is 3. The number of hydrogen-bond donors (Lipinski definition) is 1. The zero-order valence-corrected chi connectivity index (χ0v) is 8.83. The van der Waals surface area contributed by atoms with Crippen LogP contribution in [0.4, 0.5) is 4.79 Å². The second-order valence-electron chi connectivity index (χ2n) is 2.06. The molecule has 0 heterocycles. The van der Waals surface area contributed by atoms with E-state index in [0.29, 0.717) is 0 Å². The van der Waals surface area contributed by atoms with Gasteiger partial charge in [-0.05, 0) is 6.92 Å². The molecule has 0 saturated heterocycles. The van der Waals surface area contributed by atoms with Crippen LogP contribution in [-0.2, 0) is 19.0 Å². The highest BCUT2D eigenvalue weighted by molar-refractivity contribution is 5.85. The van der Waals surface area contributed by atoms with Gasteiger partial charge >= 0.3 is 12.1 Å². The molecule has 0 radical (unpaired) electrons. The van der Waals surface area contributed by atoms with Gasteiger partial charge in [-0.2, -0.15) is 0 Å². The molecule has 7 heteroatoms. The highest BCUT2D eigenvalue weighted by Crippen LogP contribution is 1.96. The monoisotopic (exact) mass is 227 g/mol. The van der Waals surface area contributed by atoms with Gasteiger partial charge in [0.2, 0.25) is 6.29 Å². The van der Waals surface area contributed by atoms with E-state index in [-0.39, 0.29) is 25.6 Å². The van der Waals surface area contributed by atoms with Gasteiger partial charge in [-0.25, -0.2) is 4.79 Å². The fraction of sp³-hybridized carbons (Fsp3) is 0.714. The molecule has 14 heavy (non-hydrogen) atoms. The first-order chi connectivity index (χ1) is 6.10. The molecule has 0 saturated carbocycles. The van der Waals surface area contributed by atoms with Crippen molar-refractivity contribution >= 4 is 24.5 Å². The van der Waals surface area contributed by atoms with E-state index in [1.165, 1.54) is 6.92 Å². The summed E-state index contributed by atoms with van der Waals surface area (Å²) in [6.45, 7) is 2.98. The van der Waals surface area contributed by atoms with Gasteiger partial charge in [-0.3, -0.25) is 4.79 Å². The van der Waals surface area contributed by atoms with E-state index in [4.69, 9.17) is 5.73 Å². The summed E-state index contributed by atoms with van der Waals surface area (Å²) in [5, 5.41) is 0. The minimum atomic E-state index is -0.977. The molecule has 0 aliphatic carbocycles. The highest BCUT2D eigenvalue weighted by Gasteiger charge is 2.13. The summed E-state index contributed by atoms with van der Waals surface area (Å²) in [6.07, 6.45) is -1.85. The van der Waals surface area contributed by atoms with Crippen molar-refractivity contribution in [2.24, 2.45) is 5.73 Å². The average molecular weight is 228 g/mol. The summed E-state index contributed by atoms with van der Waals surface area (Å²) in [7, 11) is 0. The first-order valence-corrected chi connectivity index (χ1v) is 3.83. The first kappa shape index (κ1) is 15.5. The van der Waals surface area contributed by atoms with Crippen LogP contribution in [0.15, 0.2) is 0 Å². The van der Waals surface area contributed by atoms with Crippen LogP contribution in [0.25, 0.3) is 0 Å². The van der Waals surface area contributed by atoms with Crippen LogP contribution in [0.5, 0.6) is 0 Å². The number of nitrogens with two attached hydrogens (primary N) is 1. The molecule has 0 rings (SSSR count). The Bertz CT molecular complexity index is 187. The van der Waals surface area contributed by atoms with Gasteiger partial charge in [0.05, 0.1) is 13.2 Å². The molecule has 6 nitrogen and oxygen atoms in total. The predicted molar refractivity (Wildman–Crippen MR) is 50.0 cm³/mol. The van der Waals surface area contributed by atoms with Crippen molar-refractivity contribution < 1.29 is 23.8 Å². The average Bonchev–Trinajstić information content (AvgIpc) is 2.04. The molecular formula is C7H14ClNO5. The van der Waals surface area contributed by atoms with E-state index in [9.17, 15) is 9.59 Å². The zero-order chi connectivity index (χ0) is 10.3. The summed E-state index contributed by atoms with van der Waals surface area (Å²) < 4.78 is 13.5. The Balaban J connectivity index is 0. The van der Waals surface area contributed by atoms with Crippen molar-refractivity contribution in [2.75, 3.05) is 13.2 Å². The number of carbonyl (C=O) groups excluding carboxylic acids is 2. The molecule has 0 aromatic carbocycles. The van der Waals surface area contributed by atoms with Gasteiger partial charge in [-0.15, -0.1) is 12.4 Å². The van der Waals surface area contributed by atoms with Gasteiger partial charge in [0.25, 0.3) is 0 Å². The number of rotatable bonds is 4. The standard InChI is InChI=1S/C7H13NO5.ClH/c1-3-11-7(10)13-5(2)12-6(9)4-8;/h5H,3-4,8H2,1-2H3;1H. The topological polar surface area (TPSA) is 87.9 Å². The van der Waals surface area contributed by atoms with Crippen LogP contribution >= 0.6 is 12.4 Å². The molecule has 0 fully saturated rings. The van der Waals surface area contributed by atoms with Crippen LogP contribution in [-0.4, -0.2) is 31.6 Å². The molecule has 84 valence electrons. The number of hydrogen-bond acceptors (Lipinski definition) is 6. The lowest BCUT2D eigenvalue weighted by Crippen LogP contribution is -2.26. The molecule has 0 aliphatic heterocycles. The molecule has 1 unspecified atom stereocenters. The molecule has 2 N–H and O–H groups in total. The van der Waals surface area contributed by atoms with Crippen LogP contribution in [0.3, 0.4) is 0 Å². The Hall–Kier alpha value is -1.01. The van der Waals surface area contributed by atoms with Crippen LogP contribution < -0.4 is 5.73 Å². The Labute approximate surface area is 88.1 Å². The third-order valence-electron chi connectivity index (χ3n) is 0.988. The predicted octanol–water partition coefficient (Wildman–Crippen LogP) is 0.429. The van der Waals surface area contributed by atoms with E-state index in [0.717, 1.165) is 0 Å². The van der Waals surface area contributed by atoms with Crippen molar-refractivity contribution in [1.82, 2.24) is 0 Å². The van der Waals surface area contributed by atoms with Gasteiger partial charge in [0, 0.05) is 6.92 Å². The fourth-order valence-corrected chi connectivity index (χ4v) is 0.545. The van der Waals surface area contributed by atoms with Crippen molar-refractivity contribution in [3.8, 4) is 0 Å². The van der Waals surface area contributed by atoms with E-state index in [1.54, 1.807) is 6.92 Å². The van der Waals surface area contributed by atoms with E-state index < -0.39 is 18.4 Å². The van der Waals surface area contributed by atoms with Crippen LogP contribution in [0, 0.1) is 0 Å². The third-order valence-corrected chi connectivity index (χ3v) is 0.988. The summed E-state index contributed by atoms with van der Waals surface area (Å²) >= 11 is 0. The van der Waals surface area contributed by atoms with Gasteiger partial charge in [0.1, 0.15) is 0 Å². The van der Waals surface area contributed by atoms with Gasteiger partial charge < -0.3 is 19.9 Å². The maximum absolute atomic E-state index is 10.7. The quantitative estimate of drug-likeness (QED) is 0.554. The van der Waals surface area contributed by atoms with Gasteiger partial charge in [-0.1, -0.05) is 0 Å². The molecule has 0 spiro atoms. The SMILES string of the molecule is CCOC(=O)OC(C)OC(=O)CN.Cl. The lowest BCUT2D eigenvalue weighted by molar-refractivity contribution is -0.166. The summed E-state index contributed by atoms with van der Waals surface area (Å²) in [6, 6.07) is 0. The lowest BCUT2D eigenvalue weighted by Gasteiger charge is -2.12. The maximum Gasteiger partial charge on any atom is 0.511 e. The summed E-state index contributed by atoms with van der Waals surface area (Å²) in [5.41, 5.74) is 4.96. The van der Waals surface area contributed by atoms with Gasteiger partial charge in [0.15, 0.2) is 0 Å². The van der Waals surface area contributed by atoms with E-state index in [2.05, 4.69) is 14.2 Å².